The van der Waals surface area contributed by atoms with Crippen LogP contribution >= 0.6 is 11.6 Å². The number of β-amino-alcohol motifs (C(OH)–C–C–N with tert-alkyl or cyclic N) is 1. The topological polar surface area (TPSA) is 74.9 Å². The number of piperazine rings is 1. The number of halogens is 1. The van der Waals surface area contributed by atoms with Crippen LogP contribution in [0.2, 0.25) is 5.02 Å². The summed E-state index contributed by atoms with van der Waals surface area (Å²) in [5.41, 5.74) is 3.14. The molecule has 0 amide bonds. The number of rotatable bonds is 8. The Labute approximate surface area is 187 Å². The average molecular weight is 443 g/mol. The monoisotopic (exact) mass is 442 g/mol. The zero-order chi connectivity index (χ0) is 21.6. The molecule has 4 rings (SSSR count). The number of aryl methyl sites for hydroxylation is 1. The van der Waals surface area contributed by atoms with E-state index in [1.54, 1.807) is 6.92 Å². The second kappa shape index (κ2) is 10.2. The summed E-state index contributed by atoms with van der Waals surface area (Å²) in [7, 11) is 0. The summed E-state index contributed by atoms with van der Waals surface area (Å²) in [6.07, 6.45) is 0. The molecule has 1 saturated heterocycles. The van der Waals surface area contributed by atoms with Crippen molar-refractivity contribution in [3.63, 3.8) is 0 Å². The van der Waals surface area contributed by atoms with Crippen molar-refractivity contribution in [2.24, 2.45) is 0 Å². The molecule has 0 bridgehead atoms. The van der Waals surface area contributed by atoms with Crippen molar-refractivity contribution in [3.05, 3.63) is 64.8 Å². The summed E-state index contributed by atoms with van der Waals surface area (Å²) in [6, 6.07) is 14.0. The summed E-state index contributed by atoms with van der Waals surface area (Å²) in [5.74, 6) is 1.77. The molecule has 3 aromatic rings. The Morgan fingerprint density at radius 2 is 1.84 bits per heavy atom. The number of benzene rings is 2. The van der Waals surface area contributed by atoms with Gasteiger partial charge in [0.2, 0.25) is 5.89 Å². The molecule has 164 valence electrons. The lowest BCUT2D eigenvalue weighted by molar-refractivity contribution is 0.107. The minimum absolute atomic E-state index is 0.201. The van der Waals surface area contributed by atoms with Crippen molar-refractivity contribution in [1.29, 1.82) is 0 Å². The van der Waals surface area contributed by atoms with Gasteiger partial charge in [-0.3, -0.25) is 9.80 Å². The summed E-state index contributed by atoms with van der Waals surface area (Å²) in [6.45, 7) is 7.46. The van der Waals surface area contributed by atoms with Crippen LogP contribution in [0, 0.1) is 6.92 Å². The SMILES string of the molecule is Cc1nnc(COc2ccc(-c3ccccc3Cl)cc2CN2CCN(CCO)CC2)o1. The van der Waals surface area contributed by atoms with Crippen molar-refractivity contribution < 1.29 is 14.3 Å². The minimum Gasteiger partial charge on any atom is -0.483 e. The zero-order valence-corrected chi connectivity index (χ0v) is 18.4. The molecule has 0 aliphatic carbocycles. The first-order valence-electron chi connectivity index (χ1n) is 10.5. The number of nitrogens with zero attached hydrogens (tertiary/aromatic N) is 4. The molecule has 1 N–H and O–H groups in total. The summed E-state index contributed by atoms with van der Waals surface area (Å²) in [4.78, 5) is 4.69. The van der Waals surface area contributed by atoms with Gasteiger partial charge in [0, 0.05) is 62.3 Å². The smallest absolute Gasteiger partial charge is 0.253 e. The van der Waals surface area contributed by atoms with Gasteiger partial charge < -0.3 is 14.3 Å². The predicted octanol–water partition coefficient (Wildman–Crippen LogP) is 3.39. The van der Waals surface area contributed by atoms with Crippen LogP contribution in [0.3, 0.4) is 0 Å². The summed E-state index contributed by atoms with van der Waals surface area (Å²) in [5, 5.41) is 17.8. The van der Waals surface area contributed by atoms with E-state index >= 15 is 0 Å². The fourth-order valence-corrected chi connectivity index (χ4v) is 4.04. The Balaban J connectivity index is 1.54. The molecule has 1 aliphatic heterocycles. The van der Waals surface area contributed by atoms with Crippen LogP contribution in [-0.2, 0) is 13.2 Å². The lowest BCUT2D eigenvalue weighted by Gasteiger charge is -2.34. The Morgan fingerprint density at radius 3 is 2.55 bits per heavy atom. The third-order valence-corrected chi connectivity index (χ3v) is 5.77. The van der Waals surface area contributed by atoms with Gasteiger partial charge in [-0.25, -0.2) is 0 Å². The highest BCUT2D eigenvalue weighted by Crippen LogP contribution is 2.32. The van der Waals surface area contributed by atoms with E-state index in [0.29, 0.717) is 11.8 Å². The van der Waals surface area contributed by atoms with E-state index in [4.69, 9.17) is 20.8 Å². The Kier molecular flexibility index (Phi) is 7.19. The maximum absolute atomic E-state index is 9.17. The van der Waals surface area contributed by atoms with Crippen molar-refractivity contribution >= 4 is 11.6 Å². The average Bonchev–Trinajstić information content (AvgIpc) is 3.20. The highest BCUT2D eigenvalue weighted by Gasteiger charge is 2.19. The third-order valence-electron chi connectivity index (χ3n) is 5.44. The first kappa shape index (κ1) is 21.8. The molecule has 7 nitrogen and oxygen atoms in total. The van der Waals surface area contributed by atoms with Crippen LogP contribution in [0.15, 0.2) is 46.9 Å². The third kappa shape index (κ3) is 5.62. The van der Waals surface area contributed by atoms with Crippen LogP contribution in [0.4, 0.5) is 0 Å². The lowest BCUT2D eigenvalue weighted by atomic mass is 10.0. The summed E-state index contributed by atoms with van der Waals surface area (Å²) < 4.78 is 11.5. The molecule has 31 heavy (non-hydrogen) atoms. The van der Waals surface area contributed by atoms with E-state index in [-0.39, 0.29) is 13.2 Å². The van der Waals surface area contributed by atoms with Gasteiger partial charge in [0.25, 0.3) is 5.89 Å². The van der Waals surface area contributed by atoms with Crippen molar-refractivity contribution in [2.75, 3.05) is 39.3 Å². The van der Waals surface area contributed by atoms with Crippen LogP contribution in [0.5, 0.6) is 5.75 Å². The highest BCUT2D eigenvalue weighted by atomic mass is 35.5. The lowest BCUT2D eigenvalue weighted by Crippen LogP contribution is -2.46. The quantitative estimate of drug-likeness (QED) is 0.573. The molecule has 1 fully saturated rings. The van der Waals surface area contributed by atoms with Gasteiger partial charge in [0.1, 0.15) is 5.75 Å². The first-order chi connectivity index (χ1) is 15.1. The van der Waals surface area contributed by atoms with E-state index in [2.05, 4.69) is 26.1 Å². The standard InChI is InChI=1S/C23H27ClN4O3/c1-17-25-26-23(31-17)16-30-22-7-6-18(20-4-2-3-5-21(20)24)14-19(22)15-28-10-8-27(9-11-28)12-13-29/h2-7,14,29H,8-13,15-16H2,1H3. The van der Waals surface area contributed by atoms with Crippen molar-refractivity contribution in [3.8, 4) is 16.9 Å². The summed E-state index contributed by atoms with van der Waals surface area (Å²) >= 11 is 6.44. The van der Waals surface area contributed by atoms with Crippen LogP contribution in [0.25, 0.3) is 11.1 Å². The van der Waals surface area contributed by atoms with Gasteiger partial charge in [-0.05, 0) is 23.8 Å². The maximum Gasteiger partial charge on any atom is 0.253 e. The number of hydrogen-bond donors (Lipinski definition) is 1. The van der Waals surface area contributed by atoms with Gasteiger partial charge in [0.15, 0.2) is 6.61 Å². The molecule has 2 heterocycles. The van der Waals surface area contributed by atoms with Gasteiger partial charge in [0.05, 0.1) is 6.61 Å². The molecular weight excluding hydrogens is 416 g/mol. The number of hydrogen-bond acceptors (Lipinski definition) is 7. The molecule has 0 unspecified atom stereocenters. The molecule has 0 saturated carbocycles. The molecular formula is C23H27ClN4O3. The fourth-order valence-electron chi connectivity index (χ4n) is 3.80. The van der Waals surface area contributed by atoms with E-state index in [1.165, 1.54) is 0 Å². The molecule has 1 aromatic heterocycles. The van der Waals surface area contributed by atoms with Crippen LogP contribution < -0.4 is 4.74 Å². The number of aliphatic hydroxyl groups excluding tert-OH is 1. The van der Waals surface area contributed by atoms with Gasteiger partial charge in [-0.15, -0.1) is 10.2 Å². The molecule has 1 aliphatic rings. The second-order valence-electron chi connectivity index (χ2n) is 7.65. The predicted molar refractivity (Wildman–Crippen MR) is 119 cm³/mol. The van der Waals surface area contributed by atoms with E-state index < -0.39 is 0 Å². The van der Waals surface area contributed by atoms with Crippen molar-refractivity contribution in [1.82, 2.24) is 20.0 Å². The second-order valence-corrected chi connectivity index (χ2v) is 8.05. The molecule has 0 atom stereocenters. The molecule has 0 spiro atoms. The zero-order valence-electron chi connectivity index (χ0n) is 17.6. The van der Waals surface area contributed by atoms with Crippen LogP contribution in [0.1, 0.15) is 17.3 Å². The van der Waals surface area contributed by atoms with Gasteiger partial charge in [-0.1, -0.05) is 35.9 Å². The van der Waals surface area contributed by atoms with Crippen molar-refractivity contribution in [2.45, 2.75) is 20.1 Å². The van der Waals surface area contributed by atoms with Gasteiger partial charge in [-0.2, -0.15) is 0 Å². The maximum atomic E-state index is 9.17. The normalized spacial score (nSPS) is 15.3. The van der Waals surface area contributed by atoms with E-state index in [0.717, 1.165) is 66.7 Å². The molecule has 2 aromatic carbocycles. The van der Waals surface area contributed by atoms with Crippen LogP contribution in [-0.4, -0.2) is 64.4 Å². The first-order valence-corrected chi connectivity index (χ1v) is 10.9. The largest absolute Gasteiger partial charge is 0.483 e. The highest BCUT2D eigenvalue weighted by molar-refractivity contribution is 6.33. The Morgan fingerprint density at radius 1 is 1.06 bits per heavy atom. The fraction of sp³-hybridized carbons (Fsp3) is 0.391. The number of aliphatic hydroxyl groups is 1. The number of ether oxygens (including phenoxy) is 1. The van der Waals surface area contributed by atoms with Gasteiger partial charge >= 0.3 is 0 Å². The molecule has 8 heteroatoms. The molecule has 0 radical (unpaired) electrons. The number of aromatic nitrogens is 2. The minimum atomic E-state index is 0.201. The van der Waals surface area contributed by atoms with E-state index in [9.17, 15) is 5.11 Å². The Bertz CT molecular complexity index is 1000. The van der Waals surface area contributed by atoms with E-state index in [1.807, 2.05) is 36.4 Å². The Hall–Kier alpha value is -2.45.